The molecular formula is C17H15ClF3NO. The summed E-state index contributed by atoms with van der Waals surface area (Å²) in [5.74, 6) is 0. The molecule has 0 aliphatic heterocycles. The van der Waals surface area contributed by atoms with Gasteiger partial charge in [0.1, 0.15) is 6.10 Å². The quantitative estimate of drug-likeness (QED) is 0.504. The number of hydrogen-bond donors (Lipinski definition) is 0. The number of nitrogens with zero attached hydrogens (tertiary/aromatic N) is 1. The maximum atomic E-state index is 13.1. The zero-order valence-electron chi connectivity index (χ0n) is 12.6. The van der Waals surface area contributed by atoms with Crippen LogP contribution in [0.3, 0.4) is 0 Å². The van der Waals surface area contributed by atoms with Crippen molar-refractivity contribution in [1.29, 1.82) is 0 Å². The van der Waals surface area contributed by atoms with Gasteiger partial charge in [0, 0.05) is 10.6 Å². The van der Waals surface area contributed by atoms with Gasteiger partial charge in [-0.1, -0.05) is 47.1 Å². The van der Waals surface area contributed by atoms with Crippen molar-refractivity contribution >= 4 is 17.3 Å². The molecule has 0 N–H and O–H groups in total. The van der Waals surface area contributed by atoms with Crippen LogP contribution in [0.4, 0.5) is 13.2 Å². The average Bonchev–Trinajstić information content (AvgIpc) is 2.51. The van der Waals surface area contributed by atoms with Gasteiger partial charge in [-0.25, -0.2) is 0 Å². The molecule has 0 heterocycles. The molecule has 2 nitrogen and oxygen atoms in total. The van der Waals surface area contributed by atoms with Gasteiger partial charge in [-0.05, 0) is 37.6 Å². The molecule has 0 radical (unpaired) electrons. The van der Waals surface area contributed by atoms with Gasteiger partial charge in [0.15, 0.2) is 0 Å². The van der Waals surface area contributed by atoms with Gasteiger partial charge in [-0.3, -0.25) is 0 Å². The van der Waals surface area contributed by atoms with E-state index >= 15 is 0 Å². The SMILES string of the molecule is C/C(=N\OC(C)c1ccccc1)c1cc(Cl)ccc1C(F)(F)F. The first-order valence-corrected chi connectivity index (χ1v) is 7.29. The van der Waals surface area contributed by atoms with Crippen molar-refractivity contribution in [3.8, 4) is 0 Å². The third-order valence-corrected chi connectivity index (χ3v) is 3.53. The number of benzene rings is 2. The first kappa shape index (κ1) is 17.3. The Balaban J connectivity index is 2.26. The molecule has 1 atom stereocenters. The molecule has 1 unspecified atom stereocenters. The highest BCUT2D eigenvalue weighted by molar-refractivity contribution is 6.31. The summed E-state index contributed by atoms with van der Waals surface area (Å²) in [4.78, 5) is 5.33. The molecule has 0 fully saturated rings. The predicted octanol–water partition coefficient (Wildman–Crippen LogP) is 5.86. The molecule has 0 aliphatic rings. The van der Waals surface area contributed by atoms with Crippen molar-refractivity contribution in [1.82, 2.24) is 0 Å². The lowest BCUT2D eigenvalue weighted by atomic mass is 10.0. The van der Waals surface area contributed by atoms with Gasteiger partial charge in [-0.2, -0.15) is 13.2 Å². The number of alkyl halides is 3. The maximum absolute atomic E-state index is 13.1. The number of halogens is 4. The Hall–Kier alpha value is -2.01. The van der Waals surface area contributed by atoms with Crippen LogP contribution in [-0.2, 0) is 11.0 Å². The van der Waals surface area contributed by atoms with Crippen molar-refractivity contribution in [2.75, 3.05) is 0 Å². The third-order valence-electron chi connectivity index (χ3n) is 3.29. The Morgan fingerprint density at radius 2 is 1.78 bits per heavy atom. The molecule has 2 aromatic rings. The maximum Gasteiger partial charge on any atom is 0.417 e. The number of rotatable bonds is 4. The van der Waals surface area contributed by atoms with E-state index in [1.807, 2.05) is 30.3 Å². The Labute approximate surface area is 137 Å². The summed E-state index contributed by atoms with van der Waals surface area (Å²) in [5.41, 5.74) is 0.109. The number of oxime groups is 1. The van der Waals surface area contributed by atoms with Crippen molar-refractivity contribution in [3.63, 3.8) is 0 Å². The molecule has 122 valence electrons. The molecule has 0 aliphatic carbocycles. The van der Waals surface area contributed by atoms with Crippen LogP contribution in [0.1, 0.15) is 36.6 Å². The summed E-state index contributed by atoms with van der Waals surface area (Å²) < 4.78 is 39.2. The van der Waals surface area contributed by atoms with Crippen molar-refractivity contribution in [2.45, 2.75) is 26.1 Å². The zero-order chi connectivity index (χ0) is 17.0. The molecule has 0 saturated heterocycles. The zero-order valence-corrected chi connectivity index (χ0v) is 13.3. The highest BCUT2D eigenvalue weighted by atomic mass is 35.5. The minimum atomic E-state index is -4.48. The first-order chi connectivity index (χ1) is 10.8. The molecule has 6 heteroatoms. The van der Waals surface area contributed by atoms with E-state index in [1.165, 1.54) is 19.1 Å². The van der Waals surface area contributed by atoms with Crippen LogP contribution < -0.4 is 0 Å². The minimum Gasteiger partial charge on any atom is -0.388 e. The van der Waals surface area contributed by atoms with E-state index < -0.39 is 11.7 Å². The van der Waals surface area contributed by atoms with E-state index in [9.17, 15) is 13.2 Å². The number of hydrogen-bond acceptors (Lipinski definition) is 2. The van der Waals surface area contributed by atoms with Crippen LogP contribution in [0.25, 0.3) is 0 Å². The smallest absolute Gasteiger partial charge is 0.388 e. The van der Waals surface area contributed by atoms with Crippen LogP contribution in [0.15, 0.2) is 53.7 Å². The molecule has 23 heavy (non-hydrogen) atoms. The van der Waals surface area contributed by atoms with Crippen LogP contribution >= 0.6 is 11.6 Å². The summed E-state index contributed by atoms with van der Waals surface area (Å²) >= 11 is 5.81. The Morgan fingerprint density at radius 3 is 2.39 bits per heavy atom. The highest BCUT2D eigenvalue weighted by Gasteiger charge is 2.34. The monoisotopic (exact) mass is 341 g/mol. The van der Waals surface area contributed by atoms with E-state index in [1.54, 1.807) is 6.92 Å². The normalized spacial score (nSPS) is 13.7. The Morgan fingerprint density at radius 1 is 1.13 bits per heavy atom. The molecule has 0 aromatic heterocycles. The molecule has 0 spiro atoms. The summed E-state index contributed by atoms with van der Waals surface area (Å²) in [7, 11) is 0. The van der Waals surface area contributed by atoms with Crippen molar-refractivity contribution in [2.24, 2.45) is 5.16 Å². The van der Waals surface area contributed by atoms with E-state index in [-0.39, 0.29) is 22.4 Å². The molecule has 0 saturated carbocycles. The van der Waals surface area contributed by atoms with E-state index in [0.29, 0.717) is 0 Å². The van der Waals surface area contributed by atoms with Crippen LogP contribution in [0, 0.1) is 0 Å². The lowest BCUT2D eigenvalue weighted by Crippen LogP contribution is -2.12. The van der Waals surface area contributed by atoms with Gasteiger partial charge in [0.2, 0.25) is 0 Å². The summed E-state index contributed by atoms with van der Waals surface area (Å²) in [6, 6.07) is 12.7. The standard InChI is InChI=1S/C17H15ClF3NO/c1-11(22-23-12(2)13-6-4-3-5-7-13)15-10-14(18)8-9-16(15)17(19,20)21/h3-10,12H,1-2H3/b22-11+. The second-order valence-electron chi connectivity index (χ2n) is 5.02. The molecular weight excluding hydrogens is 327 g/mol. The predicted molar refractivity (Wildman–Crippen MR) is 84.6 cm³/mol. The van der Waals surface area contributed by atoms with Gasteiger partial charge in [-0.15, -0.1) is 0 Å². The third kappa shape index (κ3) is 4.48. The van der Waals surface area contributed by atoms with Gasteiger partial charge in [0.05, 0.1) is 11.3 Å². The van der Waals surface area contributed by atoms with Crippen LogP contribution in [0.5, 0.6) is 0 Å². The largest absolute Gasteiger partial charge is 0.417 e. The molecule has 2 aromatic carbocycles. The summed E-state index contributed by atoms with van der Waals surface area (Å²) in [6.07, 6.45) is -4.86. The fraction of sp³-hybridized carbons (Fsp3) is 0.235. The topological polar surface area (TPSA) is 21.6 Å². The minimum absolute atomic E-state index is 0.0924. The Kier molecular flexibility index (Phi) is 5.31. The average molecular weight is 342 g/mol. The fourth-order valence-electron chi connectivity index (χ4n) is 2.06. The fourth-order valence-corrected chi connectivity index (χ4v) is 2.23. The van der Waals surface area contributed by atoms with Gasteiger partial charge >= 0.3 is 6.18 Å². The molecule has 2 rings (SSSR count). The van der Waals surface area contributed by atoms with E-state index in [0.717, 1.165) is 11.6 Å². The van der Waals surface area contributed by atoms with Crippen molar-refractivity contribution < 1.29 is 18.0 Å². The molecule has 0 bridgehead atoms. The first-order valence-electron chi connectivity index (χ1n) is 6.91. The second-order valence-corrected chi connectivity index (χ2v) is 5.46. The second kappa shape index (κ2) is 7.04. The Bertz CT molecular complexity index is 699. The van der Waals surface area contributed by atoms with E-state index in [2.05, 4.69) is 5.16 Å². The van der Waals surface area contributed by atoms with E-state index in [4.69, 9.17) is 16.4 Å². The lowest BCUT2D eigenvalue weighted by molar-refractivity contribution is -0.137. The molecule has 0 amide bonds. The van der Waals surface area contributed by atoms with Gasteiger partial charge < -0.3 is 4.84 Å². The summed E-state index contributed by atoms with van der Waals surface area (Å²) in [6.45, 7) is 3.23. The van der Waals surface area contributed by atoms with Gasteiger partial charge in [0.25, 0.3) is 0 Å². The van der Waals surface area contributed by atoms with Crippen LogP contribution in [-0.4, -0.2) is 5.71 Å². The van der Waals surface area contributed by atoms with Crippen LogP contribution in [0.2, 0.25) is 5.02 Å². The summed E-state index contributed by atoms with van der Waals surface area (Å²) in [5, 5.41) is 4.05. The highest BCUT2D eigenvalue weighted by Crippen LogP contribution is 2.33. The lowest BCUT2D eigenvalue weighted by Gasteiger charge is -2.14. The van der Waals surface area contributed by atoms with Crippen molar-refractivity contribution in [3.05, 3.63) is 70.2 Å².